The zero-order valence-electron chi connectivity index (χ0n) is 11.6. The Morgan fingerprint density at radius 1 is 1.37 bits per heavy atom. The first kappa shape index (κ1) is 13.7. The zero-order valence-corrected chi connectivity index (χ0v) is 11.6. The number of ether oxygens (including phenoxy) is 2. The van der Waals surface area contributed by atoms with Crippen LogP contribution in [0.5, 0.6) is 11.5 Å². The molecule has 0 unspecified atom stereocenters. The van der Waals surface area contributed by atoms with Gasteiger partial charge in [0.2, 0.25) is 5.91 Å². The van der Waals surface area contributed by atoms with E-state index in [2.05, 4.69) is 0 Å². The molecule has 1 aliphatic carbocycles. The smallest absolute Gasteiger partial charge is 0.242 e. The van der Waals surface area contributed by atoms with Gasteiger partial charge in [-0.05, 0) is 18.9 Å². The number of benzene rings is 1. The van der Waals surface area contributed by atoms with Gasteiger partial charge in [0.25, 0.3) is 0 Å². The normalized spacial score (nSPS) is 15.8. The fraction of sp³-hybridized carbons (Fsp3) is 0.500. The highest BCUT2D eigenvalue weighted by atomic mass is 16.5. The van der Waals surface area contributed by atoms with Crippen LogP contribution in [0.25, 0.3) is 0 Å². The third-order valence-corrected chi connectivity index (χ3v) is 3.45. The molecule has 1 amide bonds. The fourth-order valence-corrected chi connectivity index (χ4v) is 2.13. The van der Waals surface area contributed by atoms with Gasteiger partial charge in [0.1, 0.15) is 0 Å². The lowest BCUT2D eigenvalue weighted by molar-refractivity contribution is -0.132. The molecule has 0 radical (unpaired) electrons. The van der Waals surface area contributed by atoms with E-state index in [1.165, 1.54) is 0 Å². The summed E-state index contributed by atoms with van der Waals surface area (Å²) in [4.78, 5) is 13.8. The fourth-order valence-electron chi connectivity index (χ4n) is 2.13. The molecule has 0 aromatic heterocycles. The van der Waals surface area contributed by atoms with E-state index in [9.17, 15) is 4.79 Å². The molecule has 0 spiro atoms. The Balaban J connectivity index is 2.16. The topological polar surface area (TPSA) is 64.8 Å². The molecular formula is C14H20N2O3. The molecule has 0 saturated heterocycles. The number of hydrogen-bond donors (Lipinski definition) is 1. The van der Waals surface area contributed by atoms with Crippen LogP contribution in [0, 0.1) is 0 Å². The lowest BCUT2D eigenvalue weighted by Crippen LogP contribution is -2.43. The van der Waals surface area contributed by atoms with Crippen molar-refractivity contribution >= 4 is 5.91 Å². The number of nitrogens with zero attached hydrogens (tertiary/aromatic N) is 1. The molecule has 0 bridgehead atoms. The van der Waals surface area contributed by atoms with Gasteiger partial charge in [-0.1, -0.05) is 12.1 Å². The summed E-state index contributed by atoms with van der Waals surface area (Å²) in [5.41, 5.74) is 6.19. The SMILES string of the molecule is COc1cccc(CN(C)C(=O)C2(N)CC2)c1OC. The number of nitrogens with two attached hydrogens (primary N) is 1. The second kappa shape index (κ2) is 5.09. The first-order valence-corrected chi connectivity index (χ1v) is 6.26. The number of rotatable bonds is 5. The number of hydrogen-bond acceptors (Lipinski definition) is 4. The van der Waals surface area contributed by atoms with Gasteiger partial charge in [0.15, 0.2) is 11.5 Å². The molecule has 1 aliphatic rings. The third-order valence-electron chi connectivity index (χ3n) is 3.45. The van der Waals surface area contributed by atoms with E-state index in [4.69, 9.17) is 15.2 Å². The third kappa shape index (κ3) is 2.66. The minimum atomic E-state index is -0.638. The molecule has 1 saturated carbocycles. The lowest BCUT2D eigenvalue weighted by atomic mass is 10.1. The van der Waals surface area contributed by atoms with Crippen LogP contribution in [0.1, 0.15) is 18.4 Å². The molecule has 104 valence electrons. The van der Waals surface area contributed by atoms with Gasteiger partial charge in [-0.15, -0.1) is 0 Å². The van der Waals surface area contributed by atoms with Crippen LogP contribution in [0.15, 0.2) is 18.2 Å². The monoisotopic (exact) mass is 264 g/mol. The summed E-state index contributed by atoms with van der Waals surface area (Å²) in [6.45, 7) is 0.457. The molecule has 5 nitrogen and oxygen atoms in total. The van der Waals surface area contributed by atoms with Gasteiger partial charge in [0.05, 0.1) is 19.8 Å². The number of carbonyl (C=O) groups excluding carboxylic acids is 1. The van der Waals surface area contributed by atoms with Gasteiger partial charge >= 0.3 is 0 Å². The Hall–Kier alpha value is -1.75. The van der Waals surface area contributed by atoms with E-state index in [-0.39, 0.29) is 5.91 Å². The average molecular weight is 264 g/mol. The van der Waals surface area contributed by atoms with Crippen molar-refractivity contribution in [2.45, 2.75) is 24.9 Å². The summed E-state index contributed by atoms with van der Waals surface area (Å²) in [7, 11) is 4.94. The van der Waals surface area contributed by atoms with Crippen molar-refractivity contribution < 1.29 is 14.3 Å². The average Bonchev–Trinajstić information content (AvgIpc) is 3.16. The van der Waals surface area contributed by atoms with E-state index < -0.39 is 5.54 Å². The molecular weight excluding hydrogens is 244 g/mol. The van der Waals surface area contributed by atoms with E-state index in [0.29, 0.717) is 18.0 Å². The van der Waals surface area contributed by atoms with Gasteiger partial charge in [-0.25, -0.2) is 0 Å². The van der Waals surface area contributed by atoms with Crippen molar-refractivity contribution in [1.82, 2.24) is 4.90 Å². The number of methoxy groups -OCH3 is 2. The van der Waals surface area contributed by atoms with Gasteiger partial charge in [-0.3, -0.25) is 4.79 Å². The van der Waals surface area contributed by atoms with Crippen molar-refractivity contribution in [3.63, 3.8) is 0 Å². The van der Waals surface area contributed by atoms with Gasteiger partial charge in [-0.2, -0.15) is 0 Å². The molecule has 19 heavy (non-hydrogen) atoms. The lowest BCUT2D eigenvalue weighted by Gasteiger charge is -2.22. The number of likely N-dealkylation sites (N-methyl/N-ethyl adjacent to an activating group) is 1. The second-order valence-corrected chi connectivity index (χ2v) is 4.97. The van der Waals surface area contributed by atoms with Crippen LogP contribution in [0.4, 0.5) is 0 Å². The molecule has 0 heterocycles. The van der Waals surface area contributed by atoms with Gasteiger partial charge in [0, 0.05) is 19.2 Å². The van der Waals surface area contributed by atoms with Crippen LogP contribution in [-0.2, 0) is 11.3 Å². The van der Waals surface area contributed by atoms with Crippen LogP contribution < -0.4 is 15.2 Å². The number of amides is 1. The van der Waals surface area contributed by atoms with Crippen molar-refractivity contribution in [2.24, 2.45) is 5.73 Å². The summed E-state index contributed by atoms with van der Waals surface area (Å²) < 4.78 is 10.6. The standard InChI is InChI=1S/C14H20N2O3/c1-16(13(17)14(15)7-8-14)9-10-5-4-6-11(18-2)12(10)19-3/h4-6H,7-9,15H2,1-3H3. The summed E-state index contributed by atoms with van der Waals surface area (Å²) in [6.07, 6.45) is 1.54. The molecule has 2 N–H and O–H groups in total. The molecule has 1 aromatic rings. The van der Waals surface area contributed by atoms with Crippen LogP contribution in [0.3, 0.4) is 0 Å². The Labute approximate surface area is 113 Å². The van der Waals surface area contributed by atoms with Crippen molar-refractivity contribution in [3.05, 3.63) is 23.8 Å². The minimum Gasteiger partial charge on any atom is -0.493 e. The van der Waals surface area contributed by atoms with Gasteiger partial charge < -0.3 is 20.1 Å². The van der Waals surface area contributed by atoms with Crippen molar-refractivity contribution in [1.29, 1.82) is 0 Å². The molecule has 1 aromatic carbocycles. The summed E-state index contributed by atoms with van der Waals surface area (Å²) >= 11 is 0. The van der Waals surface area contributed by atoms with E-state index >= 15 is 0 Å². The number of para-hydroxylation sites is 1. The molecule has 0 aliphatic heterocycles. The first-order valence-electron chi connectivity index (χ1n) is 6.26. The summed E-state index contributed by atoms with van der Waals surface area (Å²) in [5.74, 6) is 1.30. The Morgan fingerprint density at radius 2 is 2.05 bits per heavy atom. The highest BCUT2D eigenvalue weighted by Crippen LogP contribution is 2.35. The predicted octanol–water partition coefficient (Wildman–Crippen LogP) is 1.15. The Bertz CT molecular complexity index is 484. The van der Waals surface area contributed by atoms with E-state index in [0.717, 1.165) is 18.4 Å². The Kier molecular flexibility index (Phi) is 3.66. The quantitative estimate of drug-likeness (QED) is 0.866. The predicted molar refractivity (Wildman–Crippen MR) is 72.2 cm³/mol. The zero-order chi connectivity index (χ0) is 14.0. The highest BCUT2D eigenvalue weighted by molar-refractivity contribution is 5.88. The molecule has 0 atom stereocenters. The van der Waals surface area contributed by atoms with Crippen LogP contribution in [0.2, 0.25) is 0 Å². The maximum atomic E-state index is 12.1. The number of carbonyl (C=O) groups is 1. The van der Waals surface area contributed by atoms with Crippen molar-refractivity contribution in [2.75, 3.05) is 21.3 Å². The maximum Gasteiger partial charge on any atom is 0.242 e. The van der Waals surface area contributed by atoms with E-state index in [1.807, 2.05) is 18.2 Å². The Morgan fingerprint density at radius 3 is 2.58 bits per heavy atom. The summed E-state index contributed by atoms with van der Waals surface area (Å²) in [6, 6.07) is 5.63. The minimum absolute atomic E-state index is 0.0163. The molecule has 2 rings (SSSR count). The maximum absolute atomic E-state index is 12.1. The molecule has 5 heteroatoms. The van der Waals surface area contributed by atoms with Crippen LogP contribution in [-0.4, -0.2) is 37.6 Å². The largest absolute Gasteiger partial charge is 0.493 e. The van der Waals surface area contributed by atoms with Crippen molar-refractivity contribution in [3.8, 4) is 11.5 Å². The summed E-state index contributed by atoms with van der Waals surface area (Å²) in [5, 5.41) is 0. The van der Waals surface area contributed by atoms with Crippen LogP contribution >= 0.6 is 0 Å². The second-order valence-electron chi connectivity index (χ2n) is 4.97. The first-order chi connectivity index (χ1) is 9.01. The molecule has 1 fully saturated rings. The highest BCUT2D eigenvalue weighted by Gasteiger charge is 2.47. The van der Waals surface area contributed by atoms with E-state index in [1.54, 1.807) is 26.2 Å².